The Morgan fingerprint density at radius 2 is 1.53 bits per heavy atom. The summed E-state index contributed by atoms with van der Waals surface area (Å²) in [5, 5.41) is 0. The molecule has 0 saturated carbocycles. The minimum atomic E-state index is -0.675. The van der Waals surface area contributed by atoms with E-state index in [4.69, 9.17) is 9.47 Å². The van der Waals surface area contributed by atoms with Crippen LogP contribution in [0.3, 0.4) is 0 Å². The number of ketones is 1. The van der Waals surface area contributed by atoms with Gasteiger partial charge >= 0.3 is 0 Å². The molecule has 32 heavy (non-hydrogen) atoms. The Morgan fingerprint density at radius 1 is 0.844 bits per heavy atom. The summed E-state index contributed by atoms with van der Waals surface area (Å²) in [6.07, 6.45) is 1.28. The van der Waals surface area contributed by atoms with E-state index in [-0.39, 0.29) is 11.7 Å². The summed E-state index contributed by atoms with van der Waals surface area (Å²) in [4.78, 5) is 26.1. The summed E-state index contributed by atoms with van der Waals surface area (Å²) >= 11 is 0. The van der Waals surface area contributed by atoms with Gasteiger partial charge in [-0.3, -0.25) is 9.59 Å². The van der Waals surface area contributed by atoms with Crippen molar-refractivity contribution in [1.29, 1.82) is 0 Å². The molecule has 0 atom stereocenters. The largest absolute Gasteiger partial charge is 0.462 e. The molecule has 3 aromatic rings. The van der Waals surface area contributed by atoms with Crippen molar-refractivity contribution in [2.24, 2.45) is 0 Å². The van der Waals surface area contributed by atoms with E-state index in [0.29, 0.717) is 43.7 Å². The van der Waals surface area contributed by atoms with Gasteiger partial charge < -0.3 is 14.4 Å². The van der Waals surface area contributed by atoms with Gasteiger partial charge in [-0.2, -0.15) is 0 Å². The first-order chi connectivity index (χ1) is 15.5. The highest BCUT2D eigenvalue weighted by molar-refractivity contribution is 5.95. The molecule has 2 aliphatic heterocycles. The number of hydrogen-bond donors (Lipinski definition) is 0. The van der Waals surface area contributed by atoms with Crippen LogP contribution in [0.15, 0.2) is 72.8 Å². The van der Waals surface area contributed by atoms with E-state index < -0.39 is 5.79 Å². The molecule has 162 valence electrons. The van der Waals surface area contributed by atoms with Crippen LogP contribution >= 0.6 is 0 Å². The first kappa shape index (κ1) is 20.5. The maximum Gasteiger partial charge on any atom is 0.253 e. The van der Waals surface area contributed by atoms with E-state index in [0.717, 1.165) is 22.4 Å². The van der Waals surface area contributed by atoms with Crippen LogP contribution in [0.1, 0.15) is 46.0 Å². The van der Waals surface area contributed by atoms with Gasteiger partial charge in [0.2, 0.25) is 5.79 Å². The Balaban J connectivity index is 1.27. The highest BCUT2D eigenvalue weighted by Crippen LogP contribution is 2.39. The number of hydrogen-bond acceptors (Lipinski definition) is 4. The lowest BCUT2D eigenvalue weighted by atomic mass is 9.98. The fourth-order valence-electron chi connectivity index (χ4n) is 4.37. The summed E-state index contributed by atoms with van der Waals surface area (Å²) in [5.41, 5.74) is 4.53. The van der Waals surface area contributed by atoms with Crippen molar-refractivity contribution >= 4 is 11.7 Å². The van der Waals surface area contributed by atoms with Crippen LogP contribution in [0.25, 0.3) is 11.1 Å². The maximum atomic E-state index is 12.7. The number of likely N-dealkylation sites (tertiary alicyclic amines) is 1. The molecule has 5 nitrogen and oxygen atoms in total. The number of piperidine rings is 1. The van der Waals surface area contributed by atoms with Gasteiger partial charge in [0, 0.05) is 42.6 Å². The second-order valence-corrected chi connectivity index (χ2v) is 8.42. The summed E-state index contributed by atoms with van der Waals surface area (Å²) < 4.78 is 12.5. The number of nitrogens with zero attached hydrogens (tertiary/aromatic N) is 1. The van der Waals surface area contributed by atoms with Crippen molar-refractivity contribution in [3.63, 3.8) is 0 Å². The summed E-state index contributed by atoms with van der Waals surface area (Å²) in [7, 11) is 0. The summed E-state index contributed by atoms with van der Waals surface area (Å²) in [6.45, 7) is 3.25. The van der Waals surface area contributed by atoms with E-state index in [9.17, 15) is 9.59 Å². The highest BCUT2D eigenvalue weighted by Gasteiger charge is 2.42. The van der Waals surface area contributed by atoms with Crippen LogP contribution in [-0.4, -0.2) is 35.5 Å². The van der Waals surface area contributed by atoms with Crippen LogP contribution in [0.4, 0.5) is 0 Å². The molecule has 0 unspecified atom stereocenters. The van der Waals surface area contributed by atoms with E-state index >= 15 is 0 Å². The fourth-order valence-corrected chi connectivity index (χ4v) is 4.37. The molecule has 3 aromatic carbocycles. The van der Waals surface area contributed by atoms with Crippen LogP contribution in [-0.2, 0) is 11.3 Å². The first-order valence-electron chi connectivity index (χ1n) is 10.9. The van der Waals surface area contributed by atoms with E-state index in [1.165, 1.54) is 0 Å². The molecule has 1 saturated heterocycles. The second kappa shape index (κ2) is 8.24. The SMILES string of the molecule is CC(=O)c1ccc(-c2ccc3c(c2)COC2(CCN(C(=O)c4ccccc4)CC2)O3)cc1. The van der Waals surface area contributed by atoms with Crippen LogP contribution < -0.4 is 4.74 Å². The van der Waals surface area contributed by atoms with Crippen molar-refractivity contribution in [2.45, 2.75) is 32.2 Å². The minimum Gasteiger partial charge on any atom is -0.462 e. The molecule has 0 aromatic heterocycles. The van der Waals surface area contributed by atoms with Gasteiger partial charge in [-0.25, -0.2) is 0 Å². The number of carbonyl (C=O) groups is 2. The molecule has 0 N–H and O–H groups in total. The molecule has 1 amide bonds. The number of carbonyl (C=O) groups excluding carboxylic acids is 2. The van der Waals surface area contributed by atoms with Gasteiger partial charge in [-0.15, -0.1) is 0 Å². The lowest BCUT2D eigenvalue weighted by Crippen LogP contribution is -2.52. The van der Waals surface area contributed by atoms with Crippen LogP contribution in [0.2, 0.25) is 0 Å². The van der Waals surface area contributed by atoms with Crippen molar-refractivity contribution in [2.75, 3.05) is 13.1 Å². The predicted molar refractivity (Wildman–Crippen MR) is 122 cm³/mol. The van der Waals surface area contributed by atoms with Gasteiger partial charge in [0.1, 0.15) is 5.75 Å². The number of amides is 1. The minimum absolute atomic E-state index is 0.0529. The molecule has 5 rings (SSSR count). The molecular formula is C27H25NO4. The predicted octanol–water partition coefficient (Wildman–Crippen LogP) is 5.10. The lowest BCUT2D eigenvalue weighted by Gasteiger charge is -2.44. The van der Waals surface area contributed by atoms with Gasteiger partial charge in [0.15, 0.2) is 5.78 Å². The number of benzene rings is 3. The maximum absolute atomic E-state index is 12.7. The third-order valence-electron chi connectivity index (χ3n) is 6.31. The van der Waals surface area contributed by atoms with Gasteiger partial charge in [-0.05, 0) is 42.3 Å². The molecule has 0 radical (unpaired) electrons. The smallest absolute Gasteiger partial charge is 0.253 e. The Bertz CT molecular complexity index is 1150. The van der Waals surface area contributed by atoms with Crippen LogP contribution in [0.5, 0.6) is 5.75 Å². The monoisotopic (exact) mass is 427 g/mol. The number of ether oxygens (including phenoxy) is 2. The Labute approximate surface area is 187 Å². The molecule has 5 heteroatoms. The zero-order valence-corrected chi connectivity index (χ0v) is 18.0. The third kappa shape index (κ3) is 3.92. The van der Waals surface area contributed by atoms with E-state index in [2.05, 4.69) is 6.07 Å². The van der Waals surface area contributed by atoms with Gasteiger partial charge in [0.05, 0.1) is 6.61 Å². The molecular weight excluding hydrogens is 402 g/mol. The molecule has 1 fully saturated rings. The zero-order valence-electron chi connectivity index (χ0n) is 18.0. The number of Topliss-reactive ketones (excluding diaryl/α,β-unsaturated/α-hetero) is 1. The second-order valence-electron chi connectivity index (χ2n) is 8.42. The molecule has 2 heterocycles. The quantitative estimate of drug-likeness (QED) is 0.546. The van der Waals surface area contributed by atoms with Crippen molar-refractivity contribution in [3.8, 4) is 16.9 Å². The van der Waals surface area contributed by atoms with Crippen molar-refractivity contribution < 1.29 is 19.1 Å². The van der Waals surface area contributed by atoms with Gasteiger partial charge in [0.25, 0.3) is 5.91 Å². The first-order valence-corrected chi connectivity index (χ1v) is 10.9. The van der Waals surface area contributed by atoms with E-state index in [1.807, 2.05) is 71.6 Å². The number of fused-ring (bicyclic) bond motifs is 1. The zero-order chi connectivity index (χ0) is 22.1. The molecule has 0 bridgehead atoms. The van der Waals surface area contributed by atoms with Crippen LogP contribution in [0, 0.1) is 0 Å². The van der Waals surface area contributed by atoms with Gasteiger partial charge in [-0.1, -0.05) is 48.5 Å². The summed E-state index contributed by atoms with van der Waals surface area (Å²) in [5.74, 6) is 0.274. The lowest BCUT2D eigenvalue weighted by molar-refractivity contribution is -0.225. The number of rotatable bonds is 3. The Kier molecular flexibility index (Phi) is 5.27. The summed E-state index contributed by atoms with van der Waals surface area (Å²) in [6, 6.07) is 23.1. The average Bonchev–Trinajstić information content (AvgIpc) is 2.84. The normalized spacial score (nSPS) is 16.8. The molecule has 2 aliphatic rings. The fraction of sp³-hybridized carbons (Fsp3) is 0.259. The Morgan fingerprint density at radius 3 is 2.22 bits per heavy atom. The average molecular weight is 428 g/mol. The van der Waals surface area contributed by atoms with E-state index in [1.54, 1.807) is 6.92 Å². The third-order valence-corrected chi connectivity index (χ3v) is 6.31. The Hall–Kier alpha value is -3.44. The highest BCUT2D eigenvalue weighted by atomic mass is 16.7. The van der Waals surface area contributed by atoms with Crippen molar-refractivity contribution in [1.82, 2.24) is 4.90 Å². The topological polar surface area (TPSA) is 55.8 Å². The van der Waals surface area contributed by atoms with Crippen molar-refractivity contribution in [3.05, 3.63) is 89.5 Å². The molecule has 0 aliphatic carbocycles. The standard InChI is InChI=1S/C27H25NO4/c1-19(29)20-7-9-21(10-8-20)23-11-12-25-24(17-23)18-31-27(32-25)13-15-28(16-14-27)26(30)22-5-3-2-4-6-22/h2-12,17H,13-16,18H2,1H3. The molecule has 1 spiro atoms.